The van der Waals surface area contributed by atoms with Crippen molar-refractivity contribution in [1.29, 1.82) is 0 Å². The Hall–Kier alpha value is -4.12. The van der Waals surface area contributed by atoms with E-state index in [0.717, 1.165) is 0 Å². The molecule has 1 heterocycles. The second-order valence-electron chi connectivity index (χ2n) is 9.38. The molecule has 1 amide bonds. The van der Waals surface area contributed by atoms with Crippen molar-refractivity contribution < 1.29 is 31.1 Å². The van der Waals surface area contributed by atoms with Crippen LogP contribution in [0, 0.1) is 0 Å². The van der Waals surface area contributed by atoms with Crippen LogP contribution in [0.15, 0.2) is 84.0 Å². The van der Waals surface area contributed by atoms with Crippen LogP contribution in [0.3, 0.4) is 0 Å². The number of carbonyl (C=O) groups is 1. The maximum absolute atomic E-state index is 13.1. The fraction of sp³-hybridized carbons (Fsp3) is 0.241. The number of rotatable bonds is 9. The van der Waals surface area contributed by atoms with E-state index in [2.05, 4.69) is 15.2 Å². The quantitative estimate of drug-likeness (QED) is 0.242. The summed E-state index contributed by atoms with van der Waals surface area (Å²) in [5.74, 6) is -0.713. The highest BCUT2D eigenvalue weighted by Gasteiger charge is 2.32. The van der Waals surface area contributed by atoms with Gasteiger partial charge in [-0.1, -0.05) is 43.3 Å². The van der Waals surface area contributed by atoms with Crippen molar-refractivity contribution in [2.24, 2.45) is 0 Å². The SMILES string of the molecule is CCS(=O)(=O)c1ccc(CC(=O)Nc2ccc(-c3ccccc3OC(F)(F)F)c(-c3cnn(C(C)C)c3)c2)cc1. The first-order valence-corrected chi connectivity index (χ1v) is 14.2. The molecular formula is C29H28F3N3O4S. The maximum atomic E-state index is 13.1. The molecule has 7 nitrogen and oxygen atoms in total. The van der Waals surface area contributed by atoms with Gasteiger partial charge < -0.3 is 10.1 Å². The molecule has 0 aliphatic rings. The van der Waals surface area contributed by atoms with Crippen molar-refractivity contribution in [3.63, 3.8) is 0 Å². The number of carbonyl (C=O) groups excluding carboxylic acids is 1. The first-order valence-electron chi connectivity index (χ1n) is 12.5. The average molecular weight is 572 g/mol. The van der Waals surface area contributed by atoms with Crippen LogP contribution in [0.5, 0.6) is 5.75 Å². The summed E-state index contributed by atoms with van der Waals surface area (Å²) >= 11 is 0. The van der Waals surface area contributed by atoms with Gasteiger partial charge in [-0.25, -0.2) is 8.42 Å². The van der Waals surface area contributed by atoms with Crippen LogP contribution in [0.1, 0.15) is 32.4 Å². The Morgan fingerprint density at radius 1 is 1.00 bits per heavy atom. The number of ether oxygens (including phenoxy) is 1. The first kappa shape index (κ1) is 28.9. The summed E-state index contributed by atoms with van der Waals surface area (Å²) in [7, 11) is -3.35. The van der Waals surface area contributed by atoms with Gasteiger partial charge in [0.1, 0.15) is 5.75 Å². The average Bonchev–Trinajstić information content (AvgIpc) is 3.39. The van der Waals surface area contributed by atoms with E-state index in [-0.39, 0.29) is 40.3 Å². The van der Waals surface area contributed by atoms with Gasteiger partial charge in [0.25, 0.3) is 0 Å². The molecule has 0 fully saturated rings. The zero-order valence-corrected chi connectivity index (χ0v) is 22.9. The molecule has 0 aliphatic heterocycles. The van der Waals surface area contributed by atoms with Gasteiger partial charge in [-0.15, -0.1) is 13.2 Å². The summed E-state index contributed by atoms with van der Waals surface area (Å²) in [6, 6.07) is 16.9. The number of para-hydroxylation sites is 1. The van der Waals surface area contributed by atoms with Crippen LogP contribution < -0.4 is 10.1 Å². The third-order valence-electron chi connectivity index (χ3n) is 6.18. The summed E-state index contributed by atoms with van der Waals surface area (Å²) in [5, 5.41) is 7.18. The normalized spacial score (nSPS) is 12.0. The molecule has 11 heteroatoms. The van der Waals surface area contributed by atoms with Crippen molar-refractivity contribution in [3.05, 3.63) is 84.7 Å². The third kappa shape index (κ3) is 6.90. The molecule has 0 atom stereocenters. The molecule has 1 N–H and O–H groups in total. The lowest BCUT2D eigenvalue weighted by Crippen LogP contribution is -2.17. The molecule has 0 aliphatic carbocycles. The fourth-order valence-electron chi connectivity index (χ4n) is 4.13. The molecule has 210 valence electrons. The van der Waals surface area contributed by atoms with E-state index in [0.29, 0.717) is 27.9 Å². The zero-order chi connectivity index (χ0) is 29.1. The Bertz CT molecular complexity index is 1610. The minimum absolute atomic E-state index is 0.00290. The molecule has 0 spiro atoms. The third-order valence-corrected chi connectivity index (χ3v) is 7.93. The van der Waals surface area contributed by atoms with Crippen LogP contribution in [-0.4, -0.2) is 36.2 Å². The first-order chi connectivity index (χ1) is 18.9. The van der Waals surface area contributed by atoms with Crippen LogP contribution >= 0.6 is 0 Å². The number of anilines is 1. The van der Waals surface area contributed by atoms with Crippen molar-refractivity contribution in [2.75, 3.05) is 11.1 Å². The predicted octanol–water partition coefficient (Wildman–Crippen LogP) is 6.67. The number of hydrogen-bond donors (Lipinski definition) is 1. The molecule has 4 aromatic rings. The Labute approximate surface area is 230 Å². The summed E-state index contributed by atoms with van der Waals surface area (Å²) in [6.45, 7) is 5.46. The molecular weight excluding hydrogens is 543 g/mol. The number of hydrogen-bond acceptors (Lipinski definition) is 5. The lowest BCUT2D eigenvalue weighted by molar-refractivity contribution is -0.274. The summed E-state index contributed by atoms with van der Waals surface area (Å²) in [4.78, 5) is 13.0. The molecule has 3 aromatic carbocycles. The van der Waals surface area contributed by atoms with E-state index < -0.39 is 16.2 Å². The largest absolute Gasteiger partial charge is 0.573 e. The second kappa shape index (κ2) is 11.5. The Balaban J connectivity index is 1.66. The van der Waals surface area contributed by atoms with Gasteiger partial charge in [-0.2, -0.15) is 5.10 Å². The monoisotopic (exact) mass is 571 g/mol. The molecule has 0 bridgehead atoms. The van der Waals surface area contributed by atoms with Crippen LogP contribution in [0.25, 0.3) is 22.3 Å². The van der Waals surface area contributed by atoms with E-state index in [1.165, 1.54) is 30.3 Å². The number of sulfone groups is 1. The smallest absolute Gasteiger partial charge is 0.405 e. The van der Waals surface area contributed by atoms with Gasteiger partial charge >= 0.3 is 6.36 Å². The van der Waals surface area contributed by atoms with Gasteiger partial charge in [0, 0.05) is 29.1 Å². The maximum Gasteiger partial charge on any atom is 0.573 e. The fourth-order valence-corrected chi connectivity index (χ4v) is 5.01. The molecule has 1 aromatic heterocycles. The second-order valence-corrected chi connectivity index (χ2v) is 11.7. The number of amides is 1. The van der Waals surface area contributed by atoms with Gasteiger partial charge in [0.2, 0.25) is 5.91 Å². The van der Waals surface area contributed by atoms with Crippen LogP contribution in [0.4, 0.5) is 18.9 Å². The molecule has 4 rings (SSSR count). The molecule has 0 unspecified atom stereocenters. The lowest BCUT2D eigenvalue weighted by Gasteiger charge is -2.17. The number of benzene rings is 3. The highest BCUT2D eigenvalue weighted by Crippen LogP contribution is 2.40. The van der Waals surface area contributed by atoms with Crippen LogP contribution in [0.2, 0.25) is 0 Å². The highest BCUT2D eigenvalue weighted by atomic mass is 32.2. The number of alkyl halides is 3. The Morgan fingerprint density at radius 3 is 2.33 bits per heavy atom. The number of nitrogens with one attached hydrogen (secondary N) is 1. The Morgan fingerprint density at radius 2 is 1.70 bits per heavy atom. The van der Waals surface area contributed by atoms with Crippen LogP contribution in [-0.2, 0) is 21.1 Å². The zero-order valence-electron chi connectivity index (χ0n) is 22.1. The summed E-state index contributed by atoms with van der Waals surface area (Å²) in [5.41, 5.74) is 2.95. The predicted molar refractivity (Wildman–Crippen MR) is 147 cm³/mol. The minimum Gasteiger partial charge on any atom is -0.405 e. The molecule has 0 saturated heterocycles. The van der Waals surface area contributed by atoms with Gasteiger partial charge in [-0.3, -0.25) is 9.48 Å². The number of nitrogens with zero attached hydrogens (tertiary/aromatic N) is 2. The minimum atomic E-state index is -4.87. The molecule has 0 saturated carbocycles. The number of aromatic nitrogens is 2. The van der Waals surface area contributed by atoms with E-state index >= 15 is 0 Å². The van der Waals surface area contributed by atoms with Gasteiger partial charge in [0.05, 0.1) is 23.3 Å². The van der Waals surface area contributed by atoms with Crippen molar-refractivity contribution >= 4 is 21.4 Å². The lowest BCUT2D eigenvalue weighted by atomic mass is 9.95. The highest BCUT2D eigenvalue weighted by molar-refractivity contribution is 7.91. The van der Waals surface area contributed by atoms with E-state index in [1.807, 2.05) is 13.8 Å². The topological polar surface area (TPSA) is 90.3 Å². The van der Waals surface area contributed by atoms with E-state index in [1.54, 1.807) is 60.4 Å². The van der Waals surface area contributed by atoms with Crippen molar-refractivity contribution in [1.82, 2.24) is 9.78 Å². The van der Waals surface area contributed by atoms with Crippen molar-refractivity contribution in [2.45, 2.75) is 44.5 Å². The van der Waals surface area contributed by atoms with Crippen molar-refractivity contribution in [3.8, 4) is 28.0 Å². The van der Waals surface area contributed by atoms with Gasteiger partial charge in [0.15, 0.2) is 9.84 Å². The molecule has 0 radical (unpaired) electrons. The van der Waals surface area contributed by atoms with E-state index in [4.69, 9.17) is 0 Å². The molecule has 40 heavy (non-hydrogen) atoms. The summed E-state index contributed by atoms with van der Waals surface area (Å²) < 4.78 is 69.5. The number of halogens is 3. The standard InChI is InChI=1S/C29H28F3N3O4S/c1-4-40(37,38)23-12-9-20(10-13-23)15-28(36)34-22-11-14-24(25-7-5-6-8-27(25)39-29(30,31)32)26(16-22)21-17-33-35(18-21)19(2)3/h5-14,16-19H,4,15H2,1-3H3,(H,34,36). The Kier molecular flexibility index (Phi) is 8.34. The summed E-state index contributed by atoms with van der Waals surface area (Å²) in [6.07, 6.45) is -1.47. The van der Waals surface area contributed by atoms with Gasteiger partial charge in [-0.05, 0) is 60.9 Å². The van der Waals surface area contributed by atoms with E-state index in [9.17, 15) is 26.4 Å².